The Labute approximate surface area is 171 Å². The van der Waals surface area contributed by atoms with Crippen molar-refractivity contribution in [3.8, 4) is 11.1 Å². The Bertz CT molecular complexity index is 994. The molecule has 0 saturated carbocycles. The first-order valence-corrected chi connectivity index (χ1v) is 9.91. The third kappa shape index (κ3) is 3.94. The highest BCUT2D eigenvalue weighted by Crippen LogP contribution is 2.26. The number of rotatable bonds is 4. The minimum absolute atomic E-state index is 0.0522. The molecule has 0 radical (unpaired) electrons. The van der Waals surface area contributed by atoms with Gasteiger partial charge in [-0.25, -0.2) is 0 Å². The van der Waals surface area contributed by atoms with Crippen LogP contribution in [-0.4, -0.2) is 47.3 Å². The van der Waals surface area contributed by atoms with Gasteiger partial charge < -0.3 is 15.5 Å². The van der Waals surface area contributed by atoms with Crippen LogP contribution < -0.4 is 5.73 Å². The molecule has 1 saturated heterocycles. The summed E-state index contributed by atoms with van der Waals surface area (Å²) < 4.78 is 0. The number of nitrogens with two attached hydrogens (primary N) is 1. The molecule has 2 aromatic rings. The number of primary amides is 1. The molecule has 5 heteroatoms. The number of carbonyl (C=O) groups excluding carboxylic acids is 2. The van der Waals surface area contributed by atoms with E-state index in [-0.39, 0.29) is 11.9 Å². The topological polar surface area (TPSA) is 66.6 Å². The van der Waals surface area contributed by atoms with Crippen LogP contribution in [0.15, 0.2) is 72.5 Å². The van der Waals surface area contributed by atoms with E-state index >= 15 is 0 Å². The minimum atomic E-state index is -0.390. The number of carbonyl (C=O) groups is 2. The van der Waals surface area contributed by atoms with Crippen molar-refractivity contribution in [1.82, 2.24) is 9.80 Å². The molecule has 1 unspecified atom stereocenters. The fraction of sp³-hybridized carbons (Fsp3) is 0.250. The second-order valence-corrected chi connectivity index (χ2v) is 7.66. The van der Waals surface area contributed by atoms with E-state index in [9.17, 15) is 9.59 Å². The van der Waals surface area contributed by atoms with Crippen LogP contribution in [0.4, 0.5) is 0 Å². The fourth-order valence-electron chi connectivity index (χ4n) is 4.05. The molecule has 29 heavy (non-hydrogen) atoms. The third-order valence-corrected chi connectivity index (χ3v) is 5.73. The summed E-state index contributed by atoms with van der Waals surface area (Å²) in [5.74, 6) is -0.338. The lowest BCUT2D eigenvalue weighted by Crippen LogP contribution is -2.39. The normalized spacial score (nSPS) is 18.7. The van der Waals surface area contributed by atoms with Gasteiger partial charge in [0.15, 0.2) is 0 Å². The zero-order valence-corrected chi connectivity index (χ0v) is 16.5. The molecule has 2 aliphatic heterocycles. The van der Waals surface area contributed by atoms with Gasteiger partial charge >= 0.3 is 0 Å². The summed E-state index contributed by atoms with van der Waals surface area (Å²) in [6.45, 7) is 3.91. The lowest BCUT2D eigenvalue weighted by atomic mass is 9.98. The number of hydrogen-bond donors (Lipinski definition) is 1. The molecule has 148 valence electrons. The summed E-state index contributed by atoms with van der Waals surface area (Å²) >= 11 is 0. The first kappa shape index (κ1) is 19.0. The maximum atomic E-state index is 13.1. The molecule has 1 atom stereocenters. The molecule has 4 rings (SSSR count). The van der Waals surface area contributed by atoms with E-state index in [0.29, 0.717) is 30.8 Å². The van der Waals surface area contributed by atoms with Crippen molar-refractivity contribution < 1.29 is 9.59 Å². The number of aryl methyl sites for hydroxylation is 1. The number of allylic oxidation sites excluding steroid dienone is 2. The molecular formula is C24H25N3O2. The molecule has 2 heterocycles. The van der Waals surface area contributed by atoms with Crippen LogP contribution in [0.5, 0.6) is 0 Å². The lowest BCUT2D eigenvalue weighted by molar-refractivity contribution is -0.114. The molecule has 2 aromatic carbocycles. The fourth-order valence-corrected chi connectivity index (χ4v) is 4.05. The van der Waals surface area contributed by atoms with Gasteiger partial charge in [0.25, 0.3) is 5.91 Å². The smallest absolute Gasteiger partial charge is 0.253 e. The molecule has 5 nitrogen and oxygen atoms in total. The monoisotopic (exact) mass is 387 g/mol. The van der Waals surface area contributed by atoms with Crippen molar-refractivity contribution in [2.24, 2.45) is 5.73 Å². The van der Waals surface area contributed by atoms with Crippen LogP contribution in [-0.2, 0) is 4.79 Å². The molecule has 2 amide bonds. The first-order valence-electron chi connectivity index (χ1n) is 9.91. The molecule has 0 spiro atoms. The van der Waals surface area contributed by atoms with Gasteiger partial charge in [0.05, 0.1) is 0 Å². The summed E-state index contributed by atoms with van der Waals surface area (Å²) in [5.41, 5.74) is 10.1. The van der Waals surface area contributed by atoms with Crippen molar-refractivity contribution in [2.75, 3.05) is 19.6 Å². The van der Waals surface area contributed by atoms with Crippen molar-refractivity contribution in [1.29, 1.82) is 0 Å². The van der Waals surface area contributed by atoms with Gasteiger partial charge in [-0.2, -0.15) is 0 Å². The highest BCUT2D eigenvalue weighted by Gasteiger charge is 2.31. The summed E-state index contributed by atoms with van der Waals surface area (Å²) in [4.78, 5) is 28.6. The second kappa shape index (κ2) is 7.95. The van der Waals surface area contributed by atoms with Crippen LogP contribution in [0, 0.1) is 6.92 Å². The van der Waals surface area contributed by atoms with E-state index in [1.165, 1.54) is 0 Å². The Kier molecular flexibility index (Phi) is 5.21. The summed E-state index contributed by atoms with van der Waals surface area (Å²) in [5, 5.41) is 0. The van der Waals surface area contributed by atoms with Crippen molar-refractivity contribution >= 4 is 11.8 Å². The van der Waals surface area contributed by atoms with Crippen LogP contribution in [0.25, 0.3) is 11.1 Å². The van der Waals surface area contributed by atoms with Gasteiger partial charge in [-0.05, 0) is 54.4 Å². The average Bonchev–Trinajstić information content (AvgIpc) is 3.24. The van der Waals surface area contributed by atoms with Gasteiger partial charge in [-0.3, -0.25) is 9.59 Å². The predicted molar refractivity (Wildman–Crippen MR) is 114 cm³/mol. The molecular weight excluding hydrogens is 362 g/mol. The zero-order valence-electron chi connectivity index (χ0n) is 16.5. The molecule has 1 fully saturated rings. The van der Waals surface area contributed by atoms with Crippen LogP contribution >= 0.6 is 0 Å². The summed E-state index contributed by atoms with van der Waals surface area (Å²) in [7, 11) is 0. The van der Waals surface area contributed by atoms with E-state index < -0.39 is 5.91 Å². The van der Waals surface area contributed by atoms with Crippen LogP contribution in [0.2, 0.25) is 0 Å². The molecule has 0 bridgehead atoms. The Hall–Kier alpha value is -3.34. The van der Waals surface area contributed by atoms with Gasteiger partial charge in [0.1, 0.15) is 0 Å². The molecule has 0 aliphatic carbocycles. The Morgan fingerprint density at radius 2 is 1.90 bits per heavy atom. The average molecular weight is 387 g/mol. The molecule has 2 N–H and O–H groups in total. The lowest BCUT2D eigenvalue weighted by Gasteiger charge is -2.29. The minimum Gasteiger partial charge on any atom is -0.368 e. The van der Waals surface area contributed by atoms with Crippen molar-refractivity contribution in [2.45, 2.75) is 19.4 Å². The quantitative estimate of drug-likeness (QED) is 0.877. The number of likely N-dealkylation sites (tertiary alicyclic amines) is 1. The van der Waals surface area contributed by atoms with E-state index in [1.54, 1.807) is 6.08 Å². The van der Waals surface area contributed by atoms with E-state index in [1.807, 2.05) is 53.6 Å². The van der Waals surface area contributed by atoms with E-state index in [2.05, 4.69) is 24.0 Å². The van der Waals surface area contributed by atoms with Gasteiger partial charge in [0, 0.05) is 36.8 Å². The highest BCUT2D eigenvalue weighted by molar-refractivity contribution is 5.96. The number of benzene rings is 2. The van der Waals surface area contributed by atoms with Gasteiger partial charge in [0.2, 0.25) is 5.91 Å². The van der Waals surface area contributed by atoms with Crippen molar-refractivity contribution in [3.63, 3.8) is 0 Å². The van der Waals surface area contributed by atoms with Gasteiger partial charge in [-0.1, -0.05) is 42.5 Å². The summed E-state index contributed by atoms with van der Waals surface area (Å²) in [6.07, 6.45) is 6.46. The maximum Gasteiger partial charge on any atom is 0.253 e. The molecule has 0 aromatic heterocycles. The first-order chi connectivity index (χ1) is 14.0. The standard InChI is InChI=1S/C24H25N3O2/c1-17-9-10-19(14-22(17)18-6-3-2-4-7-18)24(29)27-13-11-21(16-27)26-12-5-8-20(15-26)23(25)28/h2-10,12,14,21H,11,13,15-16H2,1H3,(H2,25,28). The number of amides is 2. The van der Waals surface area contributed by atoms with Crippen LogP contribution in [0.3, 0.4) is 0 Å². The van der Waals surface area contributed by atoms with Crippen molar-refractivity contribution in [3.05, 3.63) is 83.6 Å². The number of nitrogens with zero attached hydrogens (tertiary/aromatic N) is 2. The Balaban J connectivity index is 1.48. The maximum absolute atomic E-state index is 13.1. The molecule has 2 aliphatic rings. The summed E-state index contributed by atoms with van der Waals surface area (Å²) in [6, 6.07) is 16.2. The Morgan fingerprint density at radius 3 is 2.66 bits per heavy atom. The zero-order chi connectivity index (χ0) is 20.4. The van der Waals surface area contributed by atoms with E-state index in [0.717, 1.165) is 23.1 Å². The third-order valence-electron chi connectivity index (χ3n) is 5.73. The van der Waals surface area contributed by atoms with Gasteiger partial charge in [-0.15, -0.1) is 0 Å². The largest absolute Gasteiger partial charge is 0.368 e. The van der Waals surface area contributed by atoms with E-state index in [4.69, 9.17) is 5.73 Å². The predicted octanol–water partition coefficient (Wildman–Crippen LogP) is 3.12. The second-order valence-electron chi connectivity index (χ2n) is 7.66. The Morgan fingerprint density at radius 1 is 1.10 bits per heavy atom. The number of hydrogen-bond acceptors (Lipinski definition) is 3. The highest BCUT2D eigenvalue weighted by atomic mass is 16.2. The SMILES string of the molecule is Cc1ccc(C(=O)N2CCC(N3C=CC=C(C(N)=O)C3)C2)cc1-c1ccccc1. The van der Waals surface area contributed by atoms with Crippen LogP contribution in [0.1, 0.15) is 22.3 Å².